The predicted octanol–water partition coefficient (Wildman–Crippen LogP) is 3.95. The van der Waals surface area contributed by atoms with Gasteiger partial charge in [-0.1, -0.05) is 35.5 Å². The molecule has 0 spiro atoms. The van der Waals surface area contributed by atoms with Crippen LogP contribution in [0.5, 0.6) is 5.75 Å². The molecule has 1 amide bonds. The zero-order valence-electron chi connectivity index (χ0n) is 15.3. The number of hydrogen-bond acceptors (Lipinski definition) is 5. The smallest absolute Gasteiger partial charge is 0.235 e. The molecule has 0 radical (unpaired) electrons. The summed E-state index contributed by atoms with van der Waals surface area (Å²) in [6.45, 7) is 4.01. The first-order valence-corrected chi connectivity index (χ1v) is 10.7. The quantitative estimate of drug-likeness (QED) is 0.651. The van der Waals surface area contributed by atoms with Crippen molar-refractivity contribution in [1.82, 2.24) is 19.7 Å². The van der Waals surface area contributed by atoms with Crippen LogP contribution in [-0.2, 0) is 11.4 Å². The summed E-state index contributed by atoms with van der Waals surface area (Å²) in [5.41, 5.74) is 0. The number of hydrogen-bond donors (Lipinski definition) is 0. The normalized spacial score (nSPS) is 17.9. The van der Waals surface area contributed by atoms with Gasteiger partial charge in [0.15, 0.2) is 11.0 Å². The molecular weight excluding hydrogens is 384 g/mol. The molecule has 2 heterocycles. The van der Waals surface area contributed by atoms with Crippen LogP contribution in [0.3, 0.4) is 0 Å². The number of nitrogens with zero attached hydrogens (tertiary/aromatic N) is 4. The largest absolute Gasteiger partial charge is 0.484 e. The van der Waals surface area contributed by atoms with Gasteiger partial charge in [0.1, 0.15) is 12.4 Å². The summed E-state index contributed by atoms with van der Waals surface area (Å²) in [7, 11) is 0. The minimum atomic E-state index is -0.165. The summed E-state index contributed by atoms with van der Waals surface area (Å²) >= 11 is 7.66. The standard InChI is InChI=1S/C19H23ClN4O2S/c1-13(18(25)23-10-4-5-11-23)27-19-22-21-17(24(19)14-8-9-14)12-26-16-7-3-2-6-15(16)20/h2-3,6-7,13-14H,4-5,8-12H2,1H3/t13-/m1/s1. The highest BCUT2D eigenvalue weighted by molar-refractivity contribution is 8.00. The molecule has 1 aromatic heterocycles. The van der Waals surface area contributed by atoms with E-state index in [0.717, 1.165) is 49.8 Å². The fourth-order valence-corrected chi connectivity index (χ4v) is 4.51. The second kappa shape index (κ2) is 8.10. The number of aromatic nitrogens is 3. The number of amides is 1. The second-order valence-electron chi connectivity index (χ2n) is 7.01. The van der Waals surface area contributed by atoms with Crippen molar-refractivity contribution in [3.05, 3.63) is 35.1 Å². The van der Waals surface area contributed by atoms with Gasteiger partial charge in [-0.15, -0.1) is 10.2 Å². The second-order valence-corrected chi connectivity index (χ2v) is 8.73. The van der Waals surface area contributed by atoms with Crippen LogP contribution in [-0.4, -0.2) is 43.9 Å². The maximum absolute atomic E-state index is 12.6. The van der Waals surface area contributed by atoms with E-state index in [-0.39, 0.29) is 11.2 Å². The van der Waals surface area contributed by atoms with Gasteiger partial charge in [-0.05, 0) is 44.7 Å². The van der Waals surface area contributed by atoms with Crippen LogP contribution in [0.4, 0.5) is 0 Å². The van der Waals surface area contributed by atoms with Crippen molar-refractivity contribution in [3.8, 4) is 5.75 Å². The first kappa shape index (κ1) is 18.6. The number of carbonyl (C=O) groups excluding carboxylic acids is 1. The number of para-hydroxylation sites is 1. The van der Waals surface area contributed by atoms with Crippen molar-refractivity contribution in [2.24, 2.45) is 0 Å². The van der Waals surface area contributed by atoms with Crippen molar-refractivity contribution >= 4 is 29.3 Å². The highest BCUT2D eigenvalue weighted by Gasteiger charge is 2.32. The average Bonchev–Trinajstić information content (AvgIpc) is 3.20. The van der Waals surface area contributed by atoms with Gasteiger partial charge in [-0.3, -0.25) is 9.36 Å². The van der Waals surface area contributed by atoms with Gasteiger partial charge in [0.2, 0.25) is 5.91 Å². The lowest BCUT2D eigenvalue weighted by molar-refractivity contribution is -0.129. The SMILES string of the molecule is C[C@@H](Sc1nnc(COc2ccccc2Cl)n1C1CC1)C(=O)N1CCCC1. The molecule has 1 aliphatic carbocycles. The molecule has 1 saturated carbocycles. The van der Waals surface area contributed by atoms with Crippen LogP contribution in [0.25, 0.3) is 0 Å². The van der Waals surface area contributed by atoms with Crippen molar-refractivity contribution in [2.45, 2.75) is 55.7 Å². The van der Waals surface area contributed by atoms with E-state index in [1.165, 1.54) is 11.8 Å². The van der Waals surface area contributed by atoms with Crippen molar-refractivity contribution in [2.75, 3.05) is 13.1 Å². The average molecular weight is 407 g/mol. The molecule has 1 aromatic carbocycles. The van der Waals surface area contributed by atoms with Gasteiger partial charge in [0.25, 0.3) is 0 Å². The molecule has 8 heteroatoms. The van der Waals surface area contributed by atoms with Crippen molar-refractivity contribution in [1.29, 1.82) is 0 Å². The Morgan fingerprint density at radius 3 is 2.74 bits per heavy atom. The molecule has 27 heavy (non-hydrogen) atoms. The third-order valence-electron chi connectivity index (χ3n) is 4.89. The van der Waals surface area contributed by atoms with Gasteiger partial charge in [0, 0.05) is 19.1 Å². The third kappa shape index (κ3) is 4.24. The summed E-state index contributed by atoms with van der Waals surface area (Å²) in [4.78, 5) is 14.6. The van der Waals surface area contributed by atoms with Gasteiger partial charge >= 0.3 is 0 Å². The third-order valence-corrected chi connectivity index (χ3v) is 6.24. The van der Waals surface area contributed by atoms with E-state index in [2.05, 4.69) is 14.8 Å². The molecule has 0 N–H and O–H groups in total. The van der Waals surface area contributed by atoms with Crippen LogP contribution < -0.4 is 4.74 Å². The lowest BCUT2D eigenvalue weighted by Gasteiger charge is -2.20. The molecule has 4 rings (SSSR count). The van der Waals surface area contributed by atoms with Crippen LogP contribution in [0.1, 0.15) is 44.5 Å². The van der Waals surface area contributed by atoms with Crippen LogP contribution in [0.15, 0.2) is 29.4 Å². The van der Waals surface area contributed by atoms with Crippen LogP contribution in [0.2, 0.25) is 5.02 Å². The molecule has 2 aromatic rings. The minimum Gasteiger partial charge on any atom is -0.484 e. The monoisotopic (exact) mass is 406 g/mol. The number of rotatable bonds is 7. The van der Waals surface area contributed by atoms with E-state index in [1.54, 1.807) is 6.07 Å². The maximum Gasteiger partial charge on any atom is 0.235 e. The molecule has 2 aliphatic rings. The Balaban J connectivity index is 1.46. The first-order chi connectivity index (χ1) is 13.1. The van der Waals surface area contributed by atoms with E-state index in [1.807, 2.05) is 30.0 Å². The molecule has 1 aliphatic heterocycles. The number of carbonyl (C=O) groups is 1. The lowest BCUT2D eigenvalue weighted by atomic mass is 10.3. The zero-order chi connectivity index (χ0) is 18.8. The molecule has 144 valence electrons. The summed E-state index contributed by atoms with van der Waals surface area (Å²) in [5, 5.41) is 9.90. The van der Waals surface area contributed by atoms with Crippen LogP contribution >= 0.6 is 23.4 Å². The van der Waals surface area contributed by atoms with Gasteiger partial charge in [-0.25, -0.2) is 0 Å². The van der Waals surface area contributed by atoms with Crippen molar-refractivity contribution in [3.63, 3.8) is 0 Å². The Hall–Kier alpha value is -1.73. The number of benzene rings is 1. The molecule has 6 nitrogen and oxygen atoms in total. The molecule has 1 saturated heterocycles. The number of thioether (sulfide) groups is 1. The Labute approximate surface area is 168 Å². The summed E-state index contributed by atoms with van der Waals surface area (Å²) in [6.07, 6.45) is 4.42. The topological polar surface area (TPSA) is 60.3 Å². The van der Waals surface area contributed by atoms with E-state index < -0.39 is 0 Å². The van der Waals surface area contributed by atoms with E-state index in [9.17, 15) is 4.79 Å². The van der Waals surface area contributed by atoms with Crippen molar-refractivity contribution < 1.29 is 9.53 Å². The molecule has 1 atom stereocenters. The van der Waals surface area contributed by atoms with Gasteiger partial charge < -0.3 is 9.64 Å². The Morgan fingerprint density at radius 1 is 1.30 bits per heavy atom. The minimum absolute atomic E-state index is 0.165. The summed E-state index contributed by atoms with van der Waals surface area (Å²) < 4.78 is 7.98. The number of ether oxygens (including phenoxy) is 1. The Kier molecular flexibility index (Phi) is 5.59. The van der Waals surface area contributed by atoms with Crippen LogP contribution in [0, 0.1) is 0 Å². The van der Waals surface area contributed by atoms with E-state index in [4.69, 9.17) is 16.3 Å². The maximum atomic E-state index is 12.6. The highest BCUT2D eigenvalue weighted by atomic mass is 35.5. The van der Waals surface area contributed by atoms with E-state index >= 15 is 0 Å². The molecule has 0 bridgehead atoms. The molecular formula is C19H23ClN4O2S. The summed E-state index contributed by atoms with van der Waals surface area (Å²) in [5.74, 6) is 1.61. The zero-order valence-corrected chi connectivity index (χ0v) is 16.9. The predicted molar refractivity (Wildman–Crippen MR) is 105 cm³/mol. The fraction of sp³-hybridized carbons (Fsp3) is 0.526. The molecule has 2 fully saturated rings. The van der Waals surface area contributed by atoms with Gasteiger partial charge in [0.05, 0.1) is 10.3 Å². The lowest BCUT2D eigenvalue weighted by Crippen LogP contribution is -2.34. The number of halogens is 1. The van der Waals surface area contributed by atoms with Gasteiger partial charge in [-0.2, -0.15) is 0 Å². The fourth-order valence-electron chi connectivity index (χ4n) is 3.29. The Bertz CT molecular complexity index is 818. The van der Waals surface area contributed by atoms with E-state index in [0.29, 0.717) is 23.4 Å². The molecule has 0 unspecified atom stereocenters. The summed E-state index contributed by atoms with van der Waals surface area (Å²) in [6, 6.07) is 7.80. The number of likely N-dealkylation sites (tertiary alicyclic amines) is 1. The first-order valence-electron chi connectivity index (χ1n) is 9.40. The highest BCUT2D eigenvalue weighted by Crippen LogP contribution is 2.40. The Morgan fingerprint density at radius 2 is 2.04 bits per heavy atom.